The number of rotatable bonds is 8. The zero-order valence-corrected chi connectivity index (χ0v) is 22.4. The summed E-state index contributed by atoms with van der Waals surface area (Å²) < 4.78 is 29.9. The molecule has 3 heterocycles. The molecule has 9 heteroatoms. The number of amides is 1. The number of hydrogen-bond donors (Lipinski definition) is 2. The second kappa shape index (κ2) is 12.6. The number of anilines is 1. The quantitative estimate of drug-likeness (QED) is 0.473. The van der Waals surface area contributed by atoms with Crippen molar-refractivity contribution in [3.05, 3.63) is 77.9 Å². The highest BCUT2D eigenvalue weighted by Crippen LogP contribution is 2.42. The van der Waals surface area contributed by atoms with Crippen LogP contribution < -0.4 is 5.32 Å². The molecule has 4 atom stereocenters. The molecule has 0 unspecified atom stereocenters. The van der Waals surface area contributed by atoms with Crippen molar-refractivity contribution in [3.8, 4) is 0 Å². The topological polar surface area (TPSA) is 98.7 Å². The lowest BCUT2D eigenvalue weighted by Gasteiger charge is -2.44. The lowest BCUT2D eigenvalue weighted by Crippen LogP contribution is -2.50. The summed E-state index contributed by atoms with van der Waals surface area (Å²) in [5.41, 5.74) is 3.38. The van der Waals surface area contributed by atoms with Crippen LogP contribution in [-0.4, -0.2) is 67.4 Å². The summed E-state index contributed by atoms with van der Waals surface area (Å²) in [7, 11) is 0. The zero-order valence-electron chi connectivity index (χ0n) is 22.4. The van der Waals surface area contributed by atoms with Gasteiger partial charge in [-0.2, -0.15) is 0 Å². The van der Waals surface area contributed by atoms with E-state index in [0.717, 1.165) is 49.2 Å². The fourth-order valence-electron chi connectivity index (χ4n) is 5.46. The number of aliphatic hydroxyl groups is 1. The third-order valence-electron chi connectivity index (χ3n) is 7.75. The molecular weight excluding hydrogens is 500 g/mol. The second-order valence-corrected chi connectivity index (χ2v) is 10.4. The summed E-state index contributed by atoms with van der Waals surface area (Å²) in [6.45, 7) is 9.75. The van der Waals surface area contributed by atoms with Crippen molar-refractivity contribution >= 4 is 11.8 Å². The van der Waals surface area contributed by atoms with Crippen LogP contribution in [-0.2, 0) is 30.3 Å². The minimum absolute atomic E-state index is 0.00111. The van der Waals surface area contributed by atoms with Gasteiger partial charge in [0.1, 0.15) is 6.61 Å². The Balaban J connectivity index is 1.30. The van der Waals surface area contributed by atoms with Gasteiger partial charge in [-0.25, -0.2) is 4.79 Å². The lowest BCUT2D eigenvalue weighted by atomic mass is 9.89. The van der Waals surface area contributed by atoms with E-state index in [1.165, 1.54) is 6.08 Å². The fraction of sp³-hybridized carbons (Fsp3) is 0.500. The van der Waals surface area contributed by atoms with E-state index in [1.54, 1.807) is 12.1 Å². The van der Waals surface area contributed by atoms with Crippen molar-refractivity contribution in [1.82, 2.24) is 4.90 Å². The van der Waals surface area contributed by atoms with Crippen LogP contribution in [0.4, 0.5) is 10.5 Å². The molecule has 0 radical (unpaired) electrons. The number of hydrogen-bond acceptors (Lipinski definition) is 8. The van der Waals surface area contributed by atoms with Crippen LogP contribution in [0.5, 0.6) is 0 Å². The molecule has 3 saturated heterocycles. The number of carbonyl (C=O) groups excluding carboxylic acids is 1. The van der Waals surface area contributed by atoms with E-state index in [9.17, 15) is 9.90 Å². The maximum atomic E-state index is 11.9. The third-order valence-corrected chi connectivity index (χ3v) is 7.75. The molecule has 5 rings (SSSR count). The van der Waals surface area contributed by atoms with Gasteiger partial charge in [0.05, 0.1) is 32.0 Å². The summed E-state index contributed by atoms with van der Waals surface area (Å²) in [6.07, 6.45) is 1.85. The maximum absolute atomic E-state index is 11.9. The molecule has 210 valence electrons. The van der Waals surface area contributed by atoms with Crippen LogP contribution in [0, 0.1) is 5.92 Å². The number of aliphatic hydroxyl groups excluding tert-OH is 1. The number of benzene rings is 2. The average Bonchev–Trinajstić information content (AvgIpc) is 3.42. The molecule has 0 aromatic heterocycles. The average molecular weight is 539 g/mol. The molecule has 2 aromatic carbocycles. The Kier molecular flexibility index (Phi) is 8.96. The first-order chi connectivity index (χ1) is 19.0. The second-order valence-electron chi connectivity index (χ2n) is 10.4. The van der Waals surface area contributed by atoms with Gasteiger partial charge in [-0.15, -0.1) is 0 Å². The van der Waals surface area contributed by atoms with E-state index in [-0.39, 0.29) is 31.3 Å². The van der Waals surface area contributed by atoms with E-state index in [4.69, 9.17) is 23.7 Å². The highest BCUT2D eigenvalue weighted by atomic mass is 16.7. The van der Waals surface area contributed by atoms with Crippen LogP contribution in [0.1, 0.15) is 48.8 Å². The molecule has 2 N–H and O–H groups in total. The third kappa shape index (κ3) is 6.69. The van der Waals surface area contributed by atoms with Crippen LogP contribution in [0.15, 0.2) is 61.2 Å². The minimum atomic E-state index is -0.576. The molecule has 3 aliphatic heterocycles. The van der Waals surface area contributed by atoms with E-state index in [2.05, 4.69) is 23.7 Å². The Morgan fingerprint density at radius 2 is 1.74 bits per heavy atom. The van der Waals surface area contributed by atoms with Crippen LogP contribution in [0.2, 0.25) is 0 Å². The normalized spacial score (nSPS) is 26.8. The van der Waals surface area contributed by atoms with Gasteiger partial charge in [0, 0.05) is 49.6 Å². The van der Waals surface area contributed by atoms with Crippen LogP contribution >= 0.6 is 0 Å². The number of piperidine rings is 1. The number of ether oxygens (including phenoxy) is 5. The van der Waals surface area contributed by atoms with Gasteiger partial charge in [-0.1, -0.05) is 56.0 Å². The van der Waals surface area contributed by atoms with Crippen molar-refractivity contribution in [2.75, 3.05) is 44.8 Å². The first kappa shape index (κ1) is 27.8. The fourth-order valence-corrected chi connectivity index (χ4v) is 5.46. The predicted octanol–water partition coefficient (Wildman–Crippen LogP) is 4.54. The van der Waals surface area contributed by atoms with Crippen molar-refractivity contribution in [2.45, 2.75) is 50.7 Å². The van der Waals surface area contributed by atoms with Crippen LogP contribution in [0.25, 0.3) is 0 Å². The van der Waals surface area contributed by atoms with Gasteiger partial charge in [-0.3, -0.25) is 5.32 Å². The van der Waals surface area contributed by atoms with Gasteiger partial charge in [0.2, 0.25) is 0 Å². The standard InChI is InChI=1S/C30H38N2O7/c1-3-16-35-29(34)31-25-10-8-24(9-11-25)28-38-26(19-32-14-12-30(13-15-32)36-17-18-37-30)21(2)27(39-28)23-6-4-22(20-33)5-7-23/h3-11,21,26-28,33H,1,12-20H2,2H3,(H,31,34)/t21-,26+,27+,28+/m0/s1. The summed E-state index contributed by atoms with van der Waals surface area (Å²) in [5.74, 6) is -0.317. The zero-order chi connectivity index (χ0) is 27.2. The van der Waals surface area contributed by atoms with Gasteiger partial charge >= 0.3 is 6.09 Å². The van der Waals surface area contributed by atoms with E-state index in [1.807, 2.05) is 36.4 Å². The Bertz CT molecular complexity index is 1090. The number of nitrogens with one attached hydrogen (secondary N) is 1. The molecule has 39 heavy (non-hydrogen) atoms. The van der Waals surface area contributed by atoms with Crippen LogP contribution in [0.3, 0.4) is 0 Å². The van der Waals surface area contributed by atoms with Gasteiger partial charge in [-0.05, 0) is 23.3 Å². The first-order valence-electron chi connectivity index (χ1n) is 13.6. The number of carbonyl (C=O) groups is 1. The minimum Gasteiger partial charge on any atom is -0.445 e. The smallest absolute Gasteiger partial charge is 0.411 e. The summed E-state index contributed by atoms with van der Waals surface area (Å²) >= 11 is 0. The van der Waals surface area contributed by atoms with Gasteiger partial charge in [0.25, 0.3) is 0 Å². The molecule has 1 spiro atoms. The van der Waals surface area contributed by atoms with Crippen molar-refractivity contribution < 1.29 is 33.6 Å². The van der Waals surface area contributed by atoms with Crippen molar-refractivity contribution in [2.24, 2.45) is 5.92 Å². The summed E-state index contributed by atoms with van der Waals surface area (Å²) in [5, 5.41) is 12.2. The van der Waals surface area contributed by atoms with E-state index in [0.29, 0.717) is 18.9 Å². The van der Waals surface area contributed by atoms with E-state index >= 15 is 0 Å². The molecule has 2 aromatic rings. The first-order valence-corrected chi connectivity index (χ1v) is 13.6. The molecule has 1 amide bonds. The highest BCUT2D eigenvalue weighted by Gasteiger charge is 2.43. The SMILES string of the molecule is C=CCOC(=O)Nc1ccc([C@@H]2O[C@H](CN3CCC4(CC3)OCCO4)[C@H](C)[C@H](c3ccc(CO)cc3)O2)cc1. The molecule has 3 aliphatic rings. The number of nitrogens with zero attached hydrogens (tertiary/aromatic N) is 1. The Morgan fingerprint density at radius 1 is 1.08 bits per heavy atom. The molecule has 0 aliphatic carbocycles. The molecule has 9 nitrogen and oxygen atoms in total. The summed E-state index contributed by atoms with van der Waals surface area (Å²) in [4.78, 5) is 14.3. The summed E-state index contributed by atoms with van der Waals surface area (Å²) in [6, 6.07) is 15.3. The van der Waals surface area contributed by atoms with E-state index < -0.39 is 18.2 Å². The molecule has 3 fully saturated rings. The van der Waals surface area contributed by atoms with Gasteiger partial charge in [0.15, 0.2) is 12.1 Å². The molecule has 0 bridgehead atoms. The van der Waals surface area contributed by atoms with Crippen molar-refractivity contribution in [1.29, 1.82) is 0 Å². The lowest BCUT2D eigenvalue weighted by molar-refractivity contribution is -0.278. The highest BCUT2D eigenvalue weighted by molar-refractivity contribution is 5.84. The largest absolute Gasteiger partial charge is 0.445 e. The maximum Gasteiger partial charge on any atom is 0.411 e. The number of likely N-dealkylation sites (tertiary alicyclic amines) is 1. The monoisotopic (exact) mass is 538 g/mol. The predicted molar refractivity (Wildman–Crippen MR) is 145 cm³/mol. The Labute approximate surface area is 229 Å². The van der Waals surface area contributed by atoms with Crippen molar-refractivity contribution in [3.63, 3.8) is 0 Å². The van der Waals surface area contributed by atoms with Gasteiger partial charge < -0.3 is 33.7 Å². The molecular formula is C30H38N2O7. The Morgan fingerprint density at radius 3 is 2.38 bits per heavy atom. The Hall–Kier alpha value is -2.79. The molecule has 0 saturated carbocycles.